The predicted molar refractivity (Wildman–Crippen MR) is 43.9 cm³/mol. The van der Waals surface area contributed by atoms with Gasteiger partial charge in [-0.2, -0.15) is 0 Å². The molecular weight excluding hydrogens is 156 g/mol. The fourth-order valence-electron chi connectivity index (χ4n) is 1.18. The number of anilines is 1. The lowest BCUT2D eigenvalue weighted by atomic mass is 10.5. The first-order valence-electron chi connectivity index (χ1n) is 3.63. The summed E-state index contributed by atoms with van der Waals surface area (Å²) in [6, 6.07) is 3.59. The van der Waals surface area contributed by atoms with Crippen molar-refractivity contribution in [3.05, 3.63) is 30.2 Å². The number of aliphatic hydroxyl groups excluding tert-OH is 1. The summed E-state index contributed by atoms with van der Waals surface area (Å²) in [5.74, 6) is 0.183. The molecule has 62 valence electrons. The number of amides is 1. The zero-order valence-corrected chi connectivity index (χ0v) is 6.32. The van der Waals surface area contributed by atoms with Crippen molar-refractivity contribution in [1.82, 2.24) is 4.98 Å². The van der Waals surface area contributed by atoms with Crippen LogP contribution < -0.4 is 4.90 Å². The fraction of sp³-hybridized carbons (Fsp3) is 0.125. The van der Waals surface area contributed by atoms with Crippen LogP contribution in [0.25, 0.3) is 0 Å². The Morgan fingerprint density at radius 1 is 1.58 bits per heavy atom. The molecule has 4 nitrogen and oxygen atoms in total. The molecule has 2 rings (SSSR count). The number of carbonyl (C=O) groups excluding carboxylic acids is 1. The first-order chi connectivity index (χ1) is 5.79. The number of aromatic amines is 1. The molecule has 0 aliphatic carbocycles. The Morgan fingerprint density at radius 2 is 2.42 bits per heavy atom. The summed E-state index contributed by atoms with van der Waals surface area (Å²) in [6.45, 7) is 0.436. The molecule has 0 unspecified atom stereocenters. The maximum Gasteiger partial charge on any atom is 0.294 e. The standard InChI is InChI=1S/C8H8N2O2/c11-6-3-5-10(8(6)12)7-2-1-4-9-7/h1-4,9,11H,5H2. The van der Waals surface area contributed by atoms with E-state index in [2.05, 4.69) is 4.98 Å². The molecule has 2 N–H and O–H groups in total. The molecule has 4 heteroatoms. The molecule has 0 bridgehead atoms. The predicted octanol–water partition coefficient (Wildman–Crippen LogP) is 0.803. The van der Waals surface area contributed by atoms with Gasteiger partial charge in [0.25, 0.3) is 5.91 Å². The summed E-state index contributed by atoms with van der Waals surface area (Å²) >= 11 is 0. The lowest BCUT2D eigenvalue weighted by Gasteiger charge is -2.12. The highest BCUT2D eigenvalue weighted by Gasteiger charge is 2.24. The Morgan fingerprint density at radius 3 is 2.92 bits per heavy atom. The molecule has 1 aliphatic heterocycles. The molecule has 0 fully saturated rings. The van der Waals surface area contributed by atoms with Gasteiger partial charge in [0.1, 0.15) is 5.82 Å². The number of rotatable bonds is 1. The summed E-state index contributed by atoms with van der Waals surface area (Å²) in [7, 11) is 0. The smallest absolute Gasteiger partial charge is 0.294 e. The summed E-state index contributed by atoms with van der Waals surface area (Å²) in [6.07, 6.45) is 3.22. The van der Waals surface area contributed by atoms with E-state index < -0.39 is 0 Å². The molecule has 0 atom stereocenters. The molecule has 1 aromatic rings. The van der Waals surface area contributed by atoms with Gasteiger partial charge in [-0.15, -0.1) is 0 Å². The second-order valence-electron chi connectivity index (χ2n) is 2.56. The van der Waals surface area contributed by atoms with Crippen LogP contribution in [0.2, 0.25) is 0 Å². The maximum absolute atomic E-state index is 11.2. The number of hydrogen-bond acceptors (Lipinski definition) is 2. The van der Waals surface area contributed by atoms with Gasteiger partial charge in [0, 0.05) is 12.7 Å². The van der Waals surface area contributed by atoms with Crippen molar-refractivity contribution in [2.24, 2.45) is 0 Å². The summed E-state index contributed by atoms with van der Waals surface area (Å²) in [5, 5.41) is 9.02. The van der Waals surface area contributed by atoms with Crippen molar-refractivity contribution in [2.45, 2.75) is 0 Å². The van der Waals surface area contributed by atoms with E-state index in [0.29, 0.717) is 12.4 Å². The Bertz CT molecular complexity index is 327. The molecular formula is C8H8N2O2. The van der Waals surface area contributed by atoms with Crippen LogP contribution in [0.5, 0.6) is 0 Å². The van der Waals surface area contributed by atoms with Gasteiger partial charge in [-0.25, -0.2) is 0 Å². The summed E-state index contributed by atoms with van der Waals surface area (Å²) in [4.78, 5) is 15.5. The van der Waals surface area contributed by atoms with E-state index in [1.54, 1.807) is 18.3 Å². The molecule has 1 aliphatic rings. The normalized spacial score (nSPS) is 16.8. The third-order valence-corrected chi connectivity index (χ3v) is 1.80. The van der Waals surface area contributed by atoms with Gasteiger partial charge in [0.15, 0.2) is 5.76 Å². The van der Waals surface area contributed by atoms with Crippen molar-refractivity contribution < 1.29 is 9.90 Å². The maximum atomic E-state index is 11.2. The Kier molecular flexibility index (Phi) is 1.40. The van der Waals surface area contributed by atoms with Gasteiger partial charge in [-0.3, -0.25) is 9.69 Å². The van der Waals surface area contributed by atoms with E-state index in [1.165, 1.54) is 11.0 Å². The number of aliphatic hydroxyl groups is 1. The van der Waals surface area contributed by atoms with Crippen molar-refractivity contribution >= 4 is 11.7 Å². The minimum Gasteiger partial charge on any atom is -0.503 e. The first-order valence-corrected chi connectivity index (χ1v) is 3.63. The van der Waals surface area contributed by atoms with Crippen molar-refractivity contribution in [1.29, 1.82) is 0 Å². The minimum atomic E-state index is -0.350. The van der Waals surface area contributed by atoms with Gasteiger partial charge in [-0.05, 0) is 18.2 Å². The Balaban J connectivity index is 2.25. The van der Waals surface area contributed by atoms with E-state index >= 15 is 0 Å². The first kappa shape index (κ1) is 6.97. The Hall–Kier alpha value is -1.71. The van der Waals surface area contributed by atoms with Gasteiger partial charge < -0.3 is 10.1 Å². The molecule has 12 heavy (non-hydrogen) atoms. The zero-order valence-electron chi connectivity index (χ0n) is 6.32. The lowest BCUT2D eigenvalue weighted by Crippen LogP contribution is -2.26. The van der Waals surface area contributed by atoms with Crippen LogP contribution in [0.4, 0.5) is 5.82 Å². The molecule has 0 aromatic carbocycles. The molecule has 0 spiro atoms. The van der Waals surface area contributed by atoms with Gasteiger partial charge in [0.2, 0.25) is 0 Å². The molecule has 1 aromatic heterocycles. The third-order valence-electron chi connectivity index (χ3n) is 1.80. The van der Waals surface area contributed by atoms with Gasteiger partial charge in [0.05, 0.1) is 0 Å². The molecule has 0 saturated heterocycles. The largest absolute Gasteiger partial charge is 0.503 e. The highest BCUT2D eigenvalue weighted by atomic mass is 16.3. The van der Waals surface area contributed by atoms with Crippen molar-refractivity contribution in [3.63, 3.8) is 0 Å². The number of H-pyrrole nitrogens is 1. The van der Waals surface area contributed by atoms with Crippen LogP contribution in [-0.4, -0.2) is 22.5 Å². The number of nitrogens with one attached hydrogen (secondary N) is 1. The SMILES string of the molecule is O=C1C(O)=CCN1c1ccc[nH]1. The van der Waals surface area contributed by atoms with E-state index in [-0.39, 0.29) is 11.7 Å². The van der Waals surface area contributed by atoms with E-state index in [0.717, 1.165) is 0 Å². The number of hydrogen-bond donors (Lipinski definition) is 2. The van der Waals surface area contributed by atoms with E-state index in [9.17, 15) is 4.79 Å². The number of carbonyl (C=O) groups is 1. The molecule has 1 amide bonds. The van der Waals surface area contributed by atoms with Crippen LogP contribution in [0, 0.1) is 0 Å². The van der Waals surface area contributed by atoms with Crippen LogP contribution in [0.15, 0.2) is 30.2 Å². The zero-order chi connectivity index (χ0) is 8.55. The van der Waals surface area contributed by atoms with E-state index in [4.69, 9.17) is 5.11 Å². The molecule has 2 heterocycles. The van der Waals surface area contributed by atoms with Crippen LogP contribution in [0.1, 0.15) is 0 Å². The highest BCUT2D eigenvalue weighted by molar-refractivity contribution is 6.05. The lowest BCUT2D eigenvalue weighted by molar-refractivity contribution is -0.116. The summed E-state index contributed by atoms with van der Waals surface area (Å²) < 4.78 is 0. The Labute approximate surface area is 69.1 Å². The third kappa shape index (κ3) is 0.887. The van der Waals surface area contributed by atoms with Crippen LogP contribution in [0.3, 0.4) is 0 Å². The van der Waals surface area contributed by atoms with Crippen LogP contribution >= 0.6 is 0 Å². The van der Waals surface area contributed by atoms with Gasteiger partial charge >= 0.3 is 0 Å². The monoisotopic (exact) mass is 164 g/mol. The number of aromatic nitrogens is 1. The number of nitrogens with zero attached hydrogens (tertiary/aromatic N) is 1. The second-order valence-corrected chi connectivity index (χ2v) is 2.56. The van der Waals surface area contributed by atoms with Crippen molar-refractivity contribution in [3.8, 4) is 0 Å². The second kappa shape index (κ2) is 2.41. The van der Waals surface area contributed by atoms with Crippen LogP contribution in [-0.2, 0) is 4.79 Å². The molecule has 0 saturated carbocycles. The molecule has 0 radical (unpaired) electrons. The average molecular weight is 164 g/mol. The average Bonchev–Trinajstić information content (AvgIpc) is 2.64. The highest BCUT2D eigenvalue weighted by Crippen LogP contribution is 2.17. The fourth-order valence-corrected chi connectivity index (χ4v) is 1.18. The quantitative estimate of drug-likeness (QED) is 0.645. The topological polar surface area (TPSA) is 56.3 Å². The van der Waals surface area contributed by atoms with Crippen molar-refractivity contribution in [2.75, 3.05) is 11.4 Å². The minimum absolute atomic E-state index is 0.176. The van der Waals surface area contributed by atoms with E-state index in [1.807, 2.05) is 0 Å². The summed E-state index contributed by atoms with van der Waals surface area (Å²) in [5.41, 5.74) is 0. The van der Waals surface area contributed by atoms with Gasteiger partial charge in [-0.1, -0.05) is 0 Å².